The zero-order chi connectivity index (χ0) is 14.0. The van der Waals surface area contributed by atoms with Gasteiger partial charge in [0.2, 0.25) is 0 Å². The fraction of sp³-hybridized carbons (Fsp3) is 0.250. The molecule has 7 heteroatoms. The molecule has 1 aliphatic heterocycles. The molecule has 0 radical (unpaired) electrons. The Kier molecular flexibility index (Phi) is 3.48. The molecule has 1 aromatic rings. The Labute approximate surface area is 107 Å². The van der Waals surface area contributed by atoms with E-state index in [1.165, 1.54) is 12.1 Å². The predicted molar refractivity (Wildman–Crippen MR) is 61.9 cm³/mol. The predicted octanol–water partition coefficient (Wildman–Crippen LogP) is 2.45. The Hall–Kier alpha value is -2.02. The van der Waals surface area contributed by atoms with E-state index in [4.69, 9.17) is 4.84 Å². The Balaban J connectivity index is 2.08. The lowest BCUT2D eigenvalue weighted by Crippen LogP contribution is -2.18. The topological polar surface area (TPSA) is 50.4 Å². The summed E-state index contributed by atoms with van der Waals surface area (Å²) < 4.78 is 37.1. The molecule has 0 bridgehead atoms. The number of allylic oxidation sites excluding steroid dienone is 1. The molecule has 1 heterocycles. The first-order chi connectivity index (χ1) is 8.88. The van der Waals surface area contributed by atoms with Crippen molar-refractivity contribution in [3.63, 3.8) is 0 Å². The first kappa shape index (κ1) is 13.4. The van der Waals surface area contributed by atoms with Gasteiger partial charge < -0.3 is 10.2 Å². The molecule has 1 amide bonds. The number of benzene rings is 1. The second-order valence-corrected chi connectivity index (χ2v) is 3.99. The molecule has 4 nitrogen and oxygen atoms in total. The van der Waals surface area contributed by atoms with Crippen molar-refractivity contribution in [2.75, 3.05) is 11.9 Å². The summed E-state index contributed by atoms with van der Waals surface area (Å²) in [4.78, 5) is 16.7. The van der Waals surface area contributed by atoms with Crippen molar-refractivity contribution < 1.29 is 22.8 Å². The maximum absolute atomic E-state index is 12.4. The number of rotatable bonds is 2. The van der Waals surface area contributed by atoms with Crippen molar-refractivity contribution in [1.29, 1.82) is 0 Å². The van der Waals surface area contributed by atoms with Gasteiger partial charge >= 0.3 is 6.18 Å². The Bertz CT molecular complexity index is 521. The number of halogens is 3. The van der Waals surface area contributed by atoms with Gasteiger partial charge in [0.15, 0.2) is 0 Å². The maximum Gasteiger partial charge on any atom is 0.416 e. The highest BCUT2D eigenvalue weighted by Crippen LogP contribution is 2.29. The highest BCUT2D eigenvalue weighted by atomic mass is 19.4. The summed E-state index contributed by atoms with van der Waals surface area (Å²) in [6.45, 7) is 1.89. The van der Waals surface area contributed by atoms with Crippen LogP contribution in [0.3, 0.4) is 0 Å². The van der Waals surface area contributed by atoms with Crippen molar-refractivity contribution in [2.24, 2.45) is 0 Å². The number of amides is 1. The zero-order valence-corrected chi connectivity index (χ0v) is 9.97. The van der Waals surface area contributed by atoms with Crippen LogP contribution in [0.4, 0.5) is 18.9 Å². The van der Waals surface area contributed by atoms with Gasteiger partial charge in [-0.1, -0.05) is 0 Å². The summed E-state index contributed by atoms with van der Waals surface area (Å²) in [5, 5.41) is 2.51. The molecule has 0 spiro atoms. The van der Waals surface area contributed by atoms with Crippen LogP contribution < -0.4 is 10.8 Å². The van der Waals surface area contributed by atoms with Crippen molar-refractivity contribution in [2.45, 2.75) is 13.1 Å². The van der Waals surface area contributed by atoms with Crippen LogP contribution in [0.1, 0.15) is 12.5 Å². The quantitative estimate of drug-likeness (QED) is 0.869. The molecule has 0 atom stereocenters. The SMILES string of the molecule is CC1=C(C(=O)Nc2ccc(C(F)(F)F)cc2)CNO1. The summed E-state index contributed by atoms with van der Waals surface area (Å²) >= 11 is 0. The molecule has 0 saturated heterocycles. The third-order valence-corrected chi connectivity index (χ3v) is 2.64. The van der Waals surface area contributed by atoms with E-state index in [9.17, 15) is 18.0 Å². The van der Waals surface area contributed by atoms with E-state index in [-0.39, 0.29) is 6.54 Å². The molecule has 0 unspecified atom stereocenters. The number of carbonyl (C=O) groups excluding carboxylic acids is 1. The van der Waals surface area contributed by atoms with Crippen molar-refractivity contribution in [3.05, 3.63) is 41.2 Å². The van der Waals surface area contributed by atoms with Gasteiger partial charge in [-0.3, -0.25) is 4.79 Å². The highest BCUT2D eigenvalue weighted by Gasteiger charge is 2.30. The van der Waals surface area contributed by atoms with E-state index in [0.29, 0.717) is 17.0 Å². The van der Waals surface area contributed by atoms with E-state index >= 15 is 0 Å². The van der Waals surface area contributed by atoms with Gasteiger partial charge in [-0.2, -0.15) is 18.7 Å². The molecule has 1 aliphatic rings. The van der Waals surface area contributed by atoms with Gasteiger partial charge in [0.05, 0.1) is 17.7 Å². The molecular weight excluding hydrogens is 261 g/mol. The second kappa shape index (κ2) is 4.93. The lowest BCUT2D eigenvalue weighted by molar-refractivity contribution is -0.137. The first-order valence-corrected chi connectivity index (χ1v) is 5.46. The average Bonchev–Trinajstić information content (AvgIpc) is 2.75. The zero-order valence-electron chi connectivity index (χ0n) is 9.97. The molecule has 0 aromatic heterocycles. The van der Waals surface area contributed by atoms with Gasteiger partial charge in [0.1, 0.15) is 5.76 Å². The van der Waals surface area contributed by atoms with Crippen LogP contribution in [0.15, 0.2) is 35.6 Å². The molecule has 0 saturated carbocycles. The molecule has 0 aliphatic carbocycles. The Morgan fingerprint density at radius 3 is 2.42 bits per heavy atom. The summed E-state index contributed by atoms with van der Waals surface area (Å²) in [6.07, 6.45) is -4.38. The monoisotopic (exact) mass is 272 g/mol. The minimum Gasteiger partial charge on any atom is -0.413 e. The van der Waals surface area contributed by atoms with Crippen molar-refractivity contribution >= 4 is 11.6 Å². The van der Waals surface area contributed by atoms with Crippen molar-refractivity contribution in [1.82, 2.24) is 5.48 Å². The van der Waals surface area contributed by atoms with E-state index in [2.05, 4.69) is 10.8 Å². The largest absolute Gasteiger partial charge is 0.416 e. The van der Waals surface area contributed by atoms with Crippen LogP contribution in [-0.2, 0) is 15.8 Å². The first-order valence-electron chi connectivity index (χ1n) is 5.46. The molecule has 1 aromatic carbocycles. The molecular formula is C12H11F3N2O2. The lowest BCUT2D eigenvalue weighted by Gasteiger charge is -2.08. The molecule has 2 rings (SSSR count). The number of carbonyl (C=O) groups is 1. The lowest BCUT2D eigenvalue weighted by atomic mass is 10.2. The van der Waals surface area contributed by atoms with Crippen LogP contribution in [0.5, 0.6) is 0 Å². The van der Waals surface area contributed by atoms with Gasteiger partial charge in [0, 0.05) is 5.69 Å². The highest BCUT2D eigenvalue weighted by molar-refractivity contribution is 6.04. The Morgan fingerprint density at radius 1 is 1.32 bits per heavy atom. The van der Waals surface area contributed by atoms with E-state index in [0.717, 1.165) is 12.1 Å². The number of anilines is 1. The summed E-state index contributed by atoms with van der Waals surface area (Å²) in [5.41, 5.74) is 2.49. The van der Waals surface area contributed by atoms with Gasteiger partial charge in [-0.05, 0) is 31.2 Å². The van der Waals surface area contributed by atoms with Crippen LogP contribution in [0.25, 0.3) is 0 Å². The average molecular weight is 272 g/mol. The minimum absolute atomic E-state index is 0.262. The fourth-order valence-electron chi connectivity index (χ4n) is 1.59. The summed E-state index contributed by atoms with van der Waals surface area (Å²) in [6, 6.07) is 4.25. The van der Waals surface area contributed by atoms with Crippen molar-refractivity contribution in [3.8, 4) is 0 Å². The number of hydrogen-bond acceptors (Lipinski definition) is 3. The standard InChI is InChI=1S/C12H11F3N2O2/c1-7-10(6-16-19-7)11(18)17-9-4-2-8(3-5-9)12(13,14)15/h2-5,16H,6H2,1H3,(H,17,18). The molecule has 0 fully saturated rings. The van der Waals surface area contributed by atoms with Crippen LogP contribution in [0.2, 0.25) is 0 Å². The smallest absolute Gasteiger partial charge is 0.413 e. The van der Waals surface area contributed by atoms with Gasteiger partial charge in [-0.25, -0.2) is 0 Å². The number of hydroxylamine groups is 1. The van der Waals surface area contributed by atoms with Gasteiger partial charge in [0.25, 0.3) is 5.91 Å². The second-order valence-electron chi connectivity index (χ2n) is 3.99. The van der Waals surface area contributed by atoms with E-state index in [1.54, 1.807) is 6.92 Å². The molecule has 2 N–H and O–H groups in total. The van der Waals surface area contributed by atoms with Crippen LogP contribution in [-0.4, -0.2) is 12.5 Å². The number of hydrogen-bond donors (Lipinski definition) is 2. The molecule has 102 valence electrons. The molecule has 19 heavy (non-hydrogen) atoms. The van der Waals surface area contributed by atoms with Crippen LogP contribution >= 0.6 is 0 Å². The number of nitrogens with one attached hydrogen (secondary N) is 2. The third-order valence-electron chi connectivity index (χ3n) is 2.64. The van der Waals surface area contributed by atoms with Gasteiger partial charge in [-0.15, -0.1) is 0 Å². The Morgan fingerprint density at radius 2 is 1.95 bits per heavy atom. The maximum atomic E-state index is 12.4. The van der Waals surface area contributed by atoms with Crippen LogP contribution in [0, 0.1) is 0 Å². The fourth-order valence-corrected chi connectivity index (χ4v) is 1.59. The van der Waals surface area contributed by atoms with E-state index in [1.807, 2.05) is 0 Å². The minimum atomic E-state index is -4.38. The summed E-state index contributed by atoms with van der Waals surface area (Å²) in [7, 11) is 0. The summed E-state index contributed by atoms with van der Waals surface area (Å²) in [5.74, 6) is 0.0478. The third kappa shape index (κ3) is 3.05. The van der Waals surface area contributed by atoms with E-state index < -0.39 is 17.6 Å². The normalized spacial score (nSPS) is 15.4. The number of alkyl halides is 3.